The molecule has 1 fully saturated rings. The lowest BCUT2D eigenvalue weighted by Crippen LogP contribution is -2.47. The van der Waals surface area contributed by atoms with Gasteiger partial charge in [-0.15, -0.1) is 0 Å². The monoisotopic (exact) mass is 505 g/mol. The molecule has 1 amide bonds. The Hall–Kier alpha value is -3.30. The highest BCUT2D eigenvalue weighted by Gasteiger charge is 2.21. The third-order valence-electron chi connectivity index (χ3n) is 5.81. The summed E-state index contributed by atoms with van der Waals surface area (Å²) in [6, 6.07) is 11.7. The molecule has 5 rings (SSSR count). The van der Waals surface area contributed by atoms with E-state index in [1.807, 2.05) is 54.5 Å². The molecule has 0 atom stereocenters. The van der Waals surface area contributed by atoms with Gasteiger partial charge in [0.1, 0.15) is 0 Å². The van der Waals surface area contributed by atoms with Gasteiger partial charge in [0.2, 0.25) is 5.95 Å². The molecule has 2 aromatic heterocycles. The van der Waals surface area contributed by atoms with Crippen LogP contribution in [0.5, 0.6) is 0 Å². The van der Waals surface area contributed by atoms with Crippen LogP contribution < -0.4 is 5.32 Å². The first-order valence-corrected chi connectivity index (χ1v) is 11.6. The lowest BCUT2D eigenvalue weighted by molar-refractivity contribution is 0.0664. The number of anilines is 2. The summed E-state index contributed by atoms with van der Waals surface area (Å²) in [5, 5.41) is 8.53. The molecular weight excluding hydrogens is 482 g/mol. The molecule has 1 saturated heterocycles. The molecule has 0 saturated carbocycles. The van der Waals surface area contributed by atoms with Crippen molar-refractivity contribution in [3.8, 4) is 11.1 Å². The minimum absolute atomic E-state index is 0.0289. The summed E-state index contributed by atoms with van der Waals surface area (Å²) in [6.07, 6.45) is 5.53. The third-order valence-corrected chi connectivity index (χ3v) is 6.30. The number of piperazine rings is 1. The molecule has 0 radical (unpaired) electrons. The van der Waals surface area contributed by atoms with E-state index in [0.29, 0.717) is 11.5 Å². The number of aromatic nitrogens is 4. The largest absolute Gasteiger partial charge is 0.336 e. The van der Waals surface area contributed by atoms with E-state index in [-0.39, 0.29) is 5.91 Å². The molecule has 2 aromatic carbocycles. The number of benzene rings is 2. The van der Waals surface area contributed by atoms with Crippen molar-refractivity contribution in [2.75, 3.05) is 38.5 Å². The van der Waals surface area contributed by atoms with E-state index in [0.717, 1.165) is 58.4 Å². The second-order valence-electron chi connectivity index (χ2n) is 8.32. The van der Waals surface area contributed by atoms with E-state index in [9.17, 15) is 4.79 Å². The zero-order valence-electron chi connectivity index (χ0n) is 18.5. The van der Waals surface area contributed by atoms with Crippen LogP contribution in [0.4, 0.5) is 11.6 Å². The van der Waals surface area contributed by atoms with Crippen molar-refractivity contribution < 1.29 is 4.79 Å². The van der Waals surface area contributed by atoms with Gasteiger partial charge in [0.05, 0.1) is 11.7 Å². The van der Waals surface area contributed by atoms with E-state index < -0.39 is 0 Å². The molecule has 9 heteroatoms. The van der Waals surface area contributed by atoms with Gasteiger partial charge in [-0.3, -0.25) is 9.48 Å². The molecule has 33 heavy (non-hydrogen) atoms. The highest BCUT2D eigenvalue weighted by molar-refractivity contribution is 9.10. The van der Waals surface area contributed by atoms with Gasteiger partial charge in [-0.25, -0.2) is 9.97 Å². The van der Waals surface area contributed by atoms with E-state index in [1.165, 1.54) is 0 Å². The topological polar surface area (TPSA) is 79.2 Å². The number of hydrogen-bond acceptors (Lipinski definition) is 6. The second kappa shape index (κ2) is 8.92. The minimum atomic E-state index is 0.0289. The van der Waals surface area contributed by atoms with Crippen LogP contribution in [0.1, 0.15) is 10.4 Å². The predicted octanol–water partition coefficient (Wildman–Crippen LogP) is 3.92. The molecule has 168 valence electrons. The molecule has 1 aliphatic rings. The third kappa shape index (κ3) is 4.74. The molecular formula is C24H24BrN7O. The SMILES string of the molecule is CN1CCN(C(=O)c2cc(Nc3ncc4cc(Br)ccc4n3)cc(-c3cnn(C)c3)c2)CC1. The van der Waals surface area contributed by atoms with Crippen LogP contribution in [0.3, 0.4) is 0 Å². The maximum absolute atomic E-state index is 13.3. The Bertz CT molecular complexity index is 1330. The van der Waals surface area contributed by atoms with Gasteiger partial charge < -0.3 is 15.1 Å². The predicted molar refractivity (Wildman–Crippen MR) is 133 cm³/mol. The first kappa shape index (κ1) is 21.5. The summed E-state index contributed by atoms with van der Waals surface area (Å²) >= 11 is 3.48. The van der Waals surface area contributed by atoms with Crippen LogP contribution >= 0.6 is 15.9 Å². The first-order chi connectivity index (χ1) is 15.9. The standard InChI is InChI=1S/C24H24BrN7O/c1-30-5-7-32(8-6-30)23(33)17-9-16(19-14-27-31(2)15-19)11-21(12-17)28-24-26-13-18-10-20(25)3-4-22(18)29-24/h3-4,9-15H,5-8H2,1-2H3,(H,26,28,29). The molecule has 1 aliphatic heterocycles. The van der Waals surface area contributed by atoms with Gasteiger partial charge in [-0.2, -0.15) is 5.10 Å². The van der Waals surface area contributed by atoms with Gasteiger partial charge >= 0.3 is 0 Å². The van der Waals surface area contributed by atoms with E-state index in [1.54, 1.807) is 17.1 Å². The number of aryl methyl sites for hydroxylation is 1. The van der Waals surface area contributed by atoms with Crippen molar-refractivity contribution in [2.45, 2.75) is 0 Å². The van der Waals surface area contributed by atoms with Crippen LogP contribution in [0.25, 0.3) is 22.0 Å². The summed E-state index contributed by atoms with van der Waals surface area (Å²) in [7, 11) is 3.96. The van der Waals surface area contributed by atoms with Crippen molar-refractivity contribution in [3.05, 3.63) is 65.0 Å². The number of likely N-dealkylation sites (N-methyl/N-ethyl adjacent to an activating group) is 1. The van der Waals surface area contributed by atoms with Gasteiger partial charge in [0, 0.05) is 72.3 Å². The number of amides is 1. The fourth-order valence-electron chi connectivity index (χ4n) is 3.95. The Morgan fingerprint density at radius 2 is 1.82 bits per heavy atom. The maximum atomic E-state index is 13.3. The smallest absolute Gasteiger partial charge is 0.254 e. The fraction of sp³-hybridized carbons (Fsp3) is 0.250. The normalized spacial score (nSPS) is 14.6. The number of rotatable bonds is 4. The maximum Gasteiger partial charge on any atom is 0.254 e. The van der Waals surface area contributed by atoms with Crippen LogP contribution in [-0.4, -0.2) is 68.7 Å². The van der Waals surface area contributed by atoms with Crippen molar-refractivity contribution in [2.24, 2.45) is 7.05 Å². The molecule has 0 unspecified atom stereocenters. The lowest BCUT2D eigenvalue weighted by atomic mass is 10.0. The summed E-state index contributed by atoms with van der Waals surface area (Å²) in [5.41, 5.74) is 4.08. The molecule has 3 heterocycles. The number of halogens is 1. The van der Waals surface area contributed by atoms with Crippen LogP contribution in [-0.2, 0) is 7.05 Å². The number of fused-ring (bicyclic) bond motifs is 1. The first-order valence-electron chi connectivity index (χ1n) is 10.8. The Kier molecular flexibility index (Phi) is 5.82. The van der Waals surface area contributed by atoms with Gasteiger partial charge in [0.25, 0.3) is 5.91 Å². The summed E-state index contributed by atoms with van der Waals surface area (Å²) in [4.78, 5) is 26.6. The highest BCUT2D eigenvalue weighted by atomic mass is 79.9. The Morgan fingerprint density at radius 3 is 2.58 bits per heavy atom. The van der Waals surface area contributed by atoms with Crippen molar-refractivity contribution in [1.29, 1.82) is 0 Å². The molecule has 0 aliphatic carbocycles. The molecule has 8 nitrogen and oxygen atoms in total. The van der Waals surface area contributed by atoms with Crippen molar-refractivity contribution in [1.82, 2.24) is 29.5 Å². The highest BCUT2D eigenvalue weighted by Crippen LogP contribution is 2.27. The second-order valence-corrected chi connectivity index (χ2v) is 9.23. The number of hydrogen-bond donors (Lipinski definition) is 1. The van der Waals surface area contributed by atoms with Crippen molar-refractivity contribution in [3.63, 3.8) is 0 Å². The summed E-state index contributed by atoms with van der Waals surface area (Å²) < 4.78 is 2.73. The average Bonchev–Trinajstić information content (AvgIpc) is 3.25. The zero-order chi connectivity index (χ0) is 22.9. The minimum Gasteiger partial charge on any atom is -0.336 e. The van der Waals surface area contributed by atoms with Crippen LogP contribution in [0.2, 0.25) is 0 Å². The van der Waals surface area contributed by atoms with E-state index in [2.05, 4.69) is 48.3 Å². The Balaban J connectivity index is 1.50. The summed E-state index contributed by atoms with van der Waals surface area (Å²) in [5.74, 6) is 0.507. The Labute approximate surface area is 200 Å². The van der Waals surface area contributed by atoms with E-state index in [4.69, 9.17) is 0 Å². The quantitative estimate of drug-likeness (QED) is 0.452. The number of nitrogens with zero attached hydrogens (tertiary/aromatic N) is 6. The van der Waals surface area contributed by atoms with Crippen LogP contribution in [0.15, 0.2) is 59.5 Å². The summed E-state index contributed by atoms with van der Waals surface area (Å²) in [6.45, 7) is 3.19. The van der Waals surface area contributed by atoms with Gasteiger partial charge in [-0.1, -0.05) is 15.9 Å². The van der Waals surface area contributed by atoms with E-state index >= 15 is 0 Å². The zero-order valence-corrected chi connectivity index (χ0v) is 20.1. The lowest BCUT2D eigenvalue weighted by Gasteiger charge is -2.32. The molecule has 0 spiro atoms. The number of carbonyl (C=O) groups is 1. The molecule has 4 aromatic rings. The number of carbonyl (C=O) groups excluding carboxylic acids is 1. The Morgan fingerprint density at radius 1 is 1.00 bits per heavy atom. The van der Waals surface area contributed by atoms with Crippen LogP contribution in [0, 0.1) is 0 Å². The fourth-order valence-corrected chi connectivity index (χ4v) is 4.32. The average molecular weight is 506 g/mol. The number of nitrogens with one attached hydrogen (secondary N) is 1. The van der Waals surface area contributed by atoms with Crippen molar-refractivity contribution >= 4 is 44.4 Å². The van der Waals surface area contributed by atoms with Gasteiger partial charge in [0.15, 0.2) is 0 Å². The van der Waals surface area contributed by atoms with Gasteiger partial charge in [-0.05, 0) is 49.0 Å². The molecule has 1 N–H and O–H groups in total. The molecule has 0 bridgehead atoms.